The fourth-order valence-electron chi connectivity index (χ4n) is 2.21. The van der Waals surface area contributed by atoms with Crippen molar-refractivity contribution in [1.82, 2.24) is 15.0 Å². The van der Waals surface area contributed by atoms with Crippen molar-refractivity contribution in [3.8, 4) is 0 Å². The molecule has 0 saturated heterocycles. The first kappa shape index (κ1) is 11.3. The van der Waals surface area contributed by atoms with Crippen molar-refractivity contribution in [2.75, 3.05) is 0 Å². The Labute approximate surface area is 118 Å². The maximum atomic E-state index is 12.6. The molecule has 4 aromatic rings. The molecule has 5 heteroatoms. The number of rotatable bonds is 1. The van der Waals surface area contributed by atoms with Crippen LogP contribution in [0.15, 0.2) is 54.6 Å². The van der Waals surface area contributed by atoms with Crippen molar-refractivity contribution in [2.24, 2.45) is 0 Å². The second kappa shape index (κ2) is 4.25. The van der Waals surface area contributed by atoms with E-state index >= 15 is 0 Å². The van der Waals surface area contributed by atoms with E-state index in [2.05, 4.69) is 10.3 Å². The lowest BCUT2D eigenvalue weighted by Gasteiger charge is -1.97. The third-order valence-corrected chi connectivity index (χ3v) is 4.28. The molecule has 0 aliphatic carbocycles. The molecule has 4 nitrogen and oxygen atoms in total. The highest BCUT2D eigenvalue weighted by molar-refractivity contribution is 7.20. The minimum atomic E-state index is -0.139. The van der Waals surface area contributed by atoms with Gasteiger partial charge in [-0.15, -0.1) is 16.4 Å². The van der Waals surface area contributed by atoms with Crippen LogP contribution in [0.3, 0.4) is 0 Å². The van der Waals surface area contributed by atoms with Crippen LogP contribution in [0, 0.1) is 0 Å². The van der Waals surface area contributed by atoms with Crippen LogP contribution in [0.25, 0.3) is 21.1 Å². The number of thiophene rings is 1. The quantitative estimate of drug-likeness (QED) is 0.537. The second-order valence-electron chi connectivity index (χ2n) is 4.44. The molecule has 0 aliphatic heterocycles. The minimum Gasteiger partial charge on any atom is -0.266 e. The molecule has 4 rings (SSSR count). The van der Waals surface area contributed by atoms with Crippen LogP contribution >= 0.6 is 11.3 Å². The number of benzene rings is 2. The minimum absolute atomic E-state index is 0.139. The summed E-state index contributed by atoms with van der Waals surface area (Å²) >= 11 is 1.47. The highest BCUT2D eigenvalue weighted by Crippen LogP contribution is 2.26. The monoisotopic (exact) mass is 279 g/mol. The van der Waals surface area contributed by atoms with Crippen molar-refractivity contribution in [1.29, 1.82) is 0 Å². The number of carbonyl (C=O) groups is 1. The average molecular weight is 279 g/mol. The summed E-state index contributed by atoms with van der Waals surface area (Å²) in [6, 6.07) is 17.3. The zero-order valence-electron chi connectivity index (χ0n) is 10.4. The zero-order chi connectivity index (χ0) is 13.5. The van der Waals surface area contributed by atoms with Crippen LogP contribution < -0.4 is 0 Å². The van der Waals surface area contributed by atoms with Gasteiger partial charge in [0, 0.05) is 4.70 Å². The lowest BCUT2D eigenvalue weighted by Crippen LogP contribution is -2.11. The molecule has 2 aromatic heterocycles. The van der Waals surface area contributed by atoms with Crippen molar-refractivity contribution in [3.05, 3.63) is 59.5 Å². The Balaban J connectivity index is 1.87. The van der Waals surface area contributed by atoms with Gasteiger partial charge < -0.3 is 0 Å². The molecule has 0 amide bonds. The van der Waals surface area contributed by atoms with Gasteiger partial charge in [-0.25, -0.2) is 0 Å². The van der Waals surface area contributed by atoms with Gasteiger partial charge in [-0.3, -0.25) is 4.79 Å². The first-order valence-corrected chi connectivity index (χ1v) is 6.98. The van der Waals surface area contributed by atoms with Crippen LogP contribution in [0.5, 0.6) is 0 Å². The second-order valence-corrected chi connectivity index (χ2v) is 5.53. The van der Waals surface area contributed by atoms with E-state index < -0.39 is 0 Å². The summed E-state index contributed by atoms with van der Waals surface area (Å²) in [6.45, 7) is 0. The summed E-state index contributed by atoms with van der Waals surface area (Å²) in [5.74, 6) is -0.139. The fraction of sp³-hybridized carbons (Fsp3) is 0. The molecule has 96 valence electrons. The molecule has 0 atom stereocenters. The first-order chi connectivity index (χ1) is 9.83. The maximum Gasteiger partial charge on any atom is 0.290 e. The number of nitrogens with zero attached hydrogens (tertiary/aromatic N) is 3. The van der Waals surface area contributed by atoms with Crippen molar-refractivity contribution in [2.45, 2.75) is 0 Å². The molecule has 0 unspecified atom stereocenters. The molecule has 2 heterocycles. The number of hydrogen-bond acceptors (Lipinski definition) is 4. The van der Waals surface area contributed by atoms with E-state index in [1.165, 1.54) is 16.0 Å². The maximum absolute atomic E-state index is 12.6. The van der Waals surface area contributed by atoms with Gasteiger partial charge in [-0.2, -0.15) is 4.68 Å². The van der Waals surface area contributed by atoms with Crippen molar-refractivity contribution in [3.63, 3.8) is 0 Å². The molecule has 0 fully saturated rings. The van der Waals surface area contributed by atoms with Gasteiger partial charge in [0.05, 0.1) is 10.4 Å². The SMILES string of the molecule is O=C(c1cc2ccccc2s1)n1nnc2ccccc21. The Hall–Kier alpha value is -2.53. The normalized spacial score (nSPS) is 11.2. The van der Waals surface area contributed by atoms with Gasteiger partial charge in [0.15, 0.2) is 0 Å². The third kappa shape index (κ3) is 1.64. The third-order valence-electron chi connectivity index (χ3n) is 3.18. The summed E-state index contributed by atoms with van der Waals surface area (Å²) in [6.07, 6.45) is 0. The van der Waals surface area contributed by atoms with E-state index in [9.17, 15) is 4.79 Å². The molecule has 0 N–H and O–H groups in total. The molecule has 0 aliphatic rings. The van der Waals surface area contributed by atoms with Crippen LogP contribution in [-0.4, -0.2) is 20.9 Å². The lowest BCUT2D eigenvalue weighted by molar-refractivity contribution is 0.0952. The largest absolute Gasteiger partial charge is 0.290 e. The Kier molecular flexibility index (Phi) is 2.40. The Morgan fingerprint density at radius 1 is 1.05 bits per heavy atom. The van der Waals surface area contributed by atoms with E-state index in [1.54, 1.807) is 0 Å². The highest BCUT2D eigenvalue weighted by atomic mass is 32.1. The van der Waals surface area contributed by atoms with Gasteiger partial charge >= 0.3 is 0 Å². The van der Waals surface area contributed by atoms with Gasteiger partial charge in [-0.05, 0) is 29.7 Å². The summed E-state index contributed by atoms with van der Waals surface area (Å²) in [7, 11) is 0. The number of aromatic nitrogens is 3. The van der Waals surface area contributed by atoms with E-state index in [1.807, 2.05) is 54.6 Å². The number of hydrogen-bond donors (Lipinski definition) is 0. The molecular formula is C15H9N3OS. The number of carbonyl (C=O) groups excluding carboxylic acids is 1. The first-order valence-electron chi connectivity index (χ1n) is 6.17. The Morgan fingerprint density at radius 2 is 1.85 bits per heavy atom. The lowest BCUT2D eigenvalue weighted by atomic mass is 10.2. The smallest absolute Gasteiger partial charge is 0.266 e. The summed E-state index contributed by atoms with van der Waals surface area (Å²) in [5, 5.41) is 9.06. The molecular weight excluding hydrogens is 270 g/mol. The van der Waals surface area contributed by atoms with Crippen LogP contribution in [-0.2, 0) is 0 Å². The van der Waals surface area contributed by atoms with Gasteiger partial charge in [-0.1, -0.05) is 35.5 Å². The van der Waals surface area contributed by atoms with Gasteiger partial charge in [0.1, 0.15) is 5.52 Å². The van der Waals surface area contributed by atoms with Crippen molar-refractivity contribution >= 4 is 38.4 Å². The molecule has 2 aromatic carbocycles. The Morgan fingerprint density at radius 3 is 2.75 bits per heavy atom. The zero-order valence-corrected chi connectivity index (χ0v) is 11.2. The molecule has 0 spiro atoms. The van der Waals surface area contributed by atoms with Gasteiger partial charge in [0.2, 0.25) is 0 Å². The van der Waals surface area contributed by atoms with E-state index in [0.717, 1.165) is 21.1 Å². The fourth-order valence-corrected chi connectivity index (χ4v) is 3.20. The number of para-hydroxylation sites is 1. The van der Waals surface area contributed by atoms with Gasteiger partial charge in [0.25, 0.3) is 5.91 Å². The van der Waals surface area contributed by atoms with Crippen LogP contribution in [0.2, 0.25) is 0 Å². The summed E-state index contributed by atoms with van der Waals surface area (Å²) < 4.78 is 2.46. The summed E-state index contributed by atoms with van der Waals surface area (Å²) in [4.78, 5) is 13.2. The Bertz CT molecular complexity index is 905. The van der Waals surface area contributed by atoms with E-state index in [4.69, 9.17) is 0 Å². The molecule has 0 saturated carbocycles. The van der Waals surface area contributed by atoms with Crippen LogP contribution in [0.1, 0.15) is 9.67 Å². The summed E-state index contributed by atoms with van der Waals surface area (Å²) in [5.41, 5.74) is 1.46. The topological polar surface area (TPSA) is 47.8 Å². The van der Waals surface area contributed by atoms with Crippen molar-refractivity contribution < 1.29 is 4.79 Å². The number of fused-ring (bicyclic) bond motifs is 2. The predicted octanol–water partition coefficient (Wildman–Crippen LogP) is 3.33. The average Bonchev–Trinajstić information content (AvgIpc) is 3.10. The molecule has 0 radical (unpaired) electrons. The molecule has 0 bridgehead atoms. The molecule has 20 heavy (non-hydrogen) atoms. The van der Waals surface area contributed by atoms with Crippen LogP contribution in [0.4, 0.5) is 0 Å². The van der Waals surface area contributed by atoms with E-state index in [-0.39, 0.29) is 5.91 Å². The predicted molar refractivity (Wildman–Crippen MR) is 79.1 cm³/mol. The highest BCUT2D eigenvalue weighted by Gasteiger charge is 2.16. The standard InChI is InChI=1S/C15H9N3OS/c19-15(14-9-10-5-1-4-8-13(10)20-14)18-12-7-3-2-6-11(12)16-17-18/h1-9H. The van der Waals surface area contributed by atoms with E-state index in [0.29, 0.717) is 4.88 Å².